The topological polar surface area (TPSA) is 48.0 Å². The van der Waals surface area contributed by atoms with Crippen molar-refractivity contribution in [2.24, 2.45) is 0 Å². The molecule has 0 saturated carbocycles. The Morgan fingerprint density at radius 2 is 2.06 bits per heavy atom. The van der Waals surface area contributed by atoms with E-state index in [-0.39, 0.29) is 12.4 Å². The number of hydroxylamine groups is 2. The quantitative estimate of drug-likeness (QED) is 0.572. The summed E-state index contributed by atoms with van der Waals surface area (Å²) in [5.41, 5.74) is 0.142. The molecule has 0 bridgehead atoms. The molecule has 5 nitrogen and oxygen atoms in total. The molecule has 1 unspecified atom stereocenters. The molecular weight excluding hydrogens is 241 g/mol. The highest BCUT2D eigenvalue weighted by Gasteiger charge is 2.27. The lowest BCUT2D eigenvalue weighted by Crippen LogP contribution is -2.33. The second-order valence-electron chi connectivity index (χ2n) is 3.49. The Morgan fingerprint density at radius 3 is 2.61 bits per heavy atom. The standard InChI is InChI=1S/C12H16FNO4/c1-14(17-3)12(15)11(18-8-16-2)9-6-4-5-7-10(9)13/h4-7,11H,8H2,1-3H3. The van der Waals surface area contributed by atoms with Gasteiger partial charge in [-0.15, -0.1) is 0 Å². The van der Waals surface area contributed by atoms with Crippen LogP contribution in [0.1, 0.15) is 11.7 Å². The molecule has 0 heterocycles. The Kier molecular flexibility index (Phi) is 5.70. The number of hydrogen-bond acceptors (Lipinski definition) is 4. The predicted molar refractivity (Wildman–Crippen MR) is 61.9 cm³/mol. The molecule has 18 heavy (non-hydrogen) atoms. The largest absolute Gasteiger partial charge is 0.359 e. The van der Waals surface area contributed by atoms with Gasteiger partial charge in [-0.05, 0) is 6.07 Å². The maximum Gasteiger partial charge on any atom is 0.279 e. The molecule has 0 fully saturated rings. The molecule has 100 valence electrons. The van der Waals surface area contributed by atoms with Gasteiger partial charge in [-0.25, -0.2) is 9.45 Å². The monoisotopic (exact) mass is 257 g/mol. The highest BCUT2D eigenvalue weighted by Crippen LogP contribution is 2.22. The molecule has 0 aliphatic heterocycles. The minimum absolute atomic E-state index is 0.123. The van der Waals surface area contributed by atoms with Gasteiger partial charge in [0.15, 0.2) is 6.10 Å². The molecule has 0 aromatic heterocycles. The molecule has 0 aliphatic carbocycles. The summed E-state index contributed by atoms with van der Waals surface area (Å²) in [5, 5.41) is 0.979. The first-order valence-corrected chi connectivity index (χ1v) is 5.28. The van der Waals surface area contributed by atoms with Crippen LogP contribution in [0.25, 0.3) is 0 Å². The number of ether oxygens (including phenoxy) is 2. The fourth-order valence-corrected chi connectivity index (χ4v) is 1.37. The molecule has 1 aromatic rings. The van der Waals surface area contributed by atoms with Crippen molar-refractivity contribution < 1.29 is 23.5 Å². The Bertz CT molecular complexity index is 399. The normalized spacial score (nSPS) is 12.2. The van der Waals surface area contributed by atoms with Gasteiger partial charge < -0.3 is 9.47 Å². The minimum atomic E-state index is -1.10. The van der Waals surface area contributed by atoms with E-state index in [1.54, 1.807) is 6.07 Å². The molecule has 0 aliphatic rings. The van der Waals surface area contributed by atoms with Crippen molar-refractivity contribution in [1.29, 1.82) is 0 Å². The molecule has 1 aromatic carbocycles. The summed E-state index contributed by atoms with van der Waals surface area (Å²) < 4.78 is 23.6. The zero-order chi connectivity index (χ0) is 13.5. The summed E-state index contributed by atoms with van der Waals surface area (Å²) in [7, 11) is 4.18. The van der Waals surface area contributed by atoms with Gasteiger partial charge in [-0.1, -0.05) is 18.2 Å². The van der Waals surface area contributed by atoms with Crippen LogP contribution in [-0.4, -0.2) is 39.0 Å². The van der Waals surface area contributed by atoms with Crippen molar-refractivity contribution in [3.05, 3.63) is 35.6 Å². The smallest absolute Gasteiger partial charge is 0.279 e. The van der Waals surface area contributed by atoms with Crippen molar-refractivity contribution >= 4 is 5.91 Å². The molecule has 0 radical (unpaired) electrons. The average Bonchev–Trinajstić information content (AvgIpc) is 2.39. The number of rotatable bonds is 6. The van der Waals surface area contributed by atoms with Crippen LogP contribution in [0.4, 0.5) is 4.39 Å². The van der Waals surface area contributed by atoms with E-state index in [4.69, 9.17) is 14.3 Å². The van der Waals surface area contributed by atoms with Crippen molar-refractivity contribution in [2.45, 2.75) is 6.10 Å². The van der Waals surface area contributed by atoms with Gasteiger partial charge in [0.1, 0.15) is 12.6 Å². The molecular formula is C12H16FNO4. The van der Waals surface area contributed by atoms with Gasteiger partial charge in [0, 0.05) is 19.7 Å². The first-order valence-electron chi connectivity index (χ1n) is 5.28. The Hall–Kier alpha value is -1.50. The van der Waals surface area contributed by atoms with Crippen LogP contribution >= 0.6 is 0 Å². The number of hydrogen-bond donors (Lipinski definition) is 0. The van der Waals surface area contributed by atoms with E-state index in [1.165, 1.54) is 39.5 Å². The van der Waals surface area contributed by atoms with Crippen LogP contribution < -0.4 is 0 Å². The first-order chi connectivity index (χ1) is 8.61. The number of carbonyl (C=O) groups is 1. The van der Waals surface area contributed by atoms with Crippen molar-refractivity contribution in [3.63, 3.8) is 0 Å². The zero-order valence-electron chi connectivity index (χ0n) is 10.6. The minimum Gasteiger partial charge on any atom is -0.359 e. The average molecular weight is 257 g/mol. The predicted octanol–water partition coefficient (Wildman–Crippen LogP) is 1.51. The van der Waals surface area contributed by atoms with Crippen molar-refractivity contribution in [3.8, 4) is 0 Å². The Morgan fingerprint density at radius 1 is 1.39 bits per heavy atom. The number of benzene rings is 1. The van der Waals surface area contributed by atoms with E-state index >= 15 is 0 Å². The van der Waals surface area contributed by atoms with Crippen LogP contribution in [0.3, 0.4) is 0 Å². The summed E-state index contributed by atoms with van der Waals surface area (Å²) in [5.74, 6) is -1.03. The summed E-state index contributed by atoms with van der Waals surface area (Å²) in [6, 6.07) is 5.91. The van der Waals surface area contributed by atoms with Gasteiger partial charge in [-0.3, -0.25) is 9.63 Å². The zero-order valence-corrected chi connectivity index (χ0v) is 10.6. The lowest BCUT2D eigenvalue weighted by Gasteiger charge is -2.22. The molecule has 6 heteroatoms. The molecule has 0 N–H and O–H groups in total. The van der Waals surface area contributed by atoms with E-state index in [0.29, 0.717) is 0 Å². The van der Waals surface area contributed by atoms with Crippen molar-refractivity contribution in [2.75, 3.05) is 28.1 Å². The van der Waals surface area contributed by atoms with E-state index in [1.807, 2.05) is 0 Å². The van der Waals surface area contributed by atoms with Gasteiger partial charge in [-0.2, -0.15) is 0 Å². The molecule has 1 amide bonds. The Balaban J connectivity index is 2.98. The van der Waals surface area contributed by atoms with Crippen LogP contribution in [0.15, 0.2) is 24.3 Å². The summed E-state index contributed by atoms with van der Waals surface area (Å²) in [6.07, 6.45) is -1.10. The fraction of sp³-hybridized carbons (Fsp3) is 0.417. The SMILES string of the molecule is COCOC(C(=O)N(C)OC)c1ccccc1F. The summed E-state index contributed by atoms with van der Waals surface area (Å²) in [6.45, 7) is -0.123. The number of likely N-dealkylation sites (N-methyl/N-ethyl adjacent to an activating group) is 1. The second kappa shape index (κ2) is 7.05. The number of nitrogens with zero attached hydrogens (tertiary/aromatic N) is 1. The second-order valence-corrected chi connectivity index (χ2v) is 3.49. The molecule has 1 atom stereocenters. The van der Waals surface area contributed by atoms with Gasteiger partial charge in [0.05, 0.1) is 7.11 Å². The van der Waals surface area contributed by atoms with Crippen LogP contribution in [0.5, 0.6) is 0 Å². The lowest BCUT2D eigenvalue weighted by molar-refractivity contribution is -0.187. The fourth-order valence-electron chi connectivity index (χ4n) is 1.37. The van der Waals surface area contributed by atoms with E-state index < -0.39 is 17.8 Å². The first kappa shape index (κ1) is 14.6. The van der Waals surface area contributed by atoms with Gasteiger partial charge >= 0.3 is 0 Å². The third-order valence-corrected chi connectivity index (χ3v) is 2.35. The summed E-state index contributed by atoms with van der Waals surface area (Å²) in [4.78, 5) is 16.8. The maximum atomic E-state index is 13.7. The number of halogens is 1. The lowest BCUT2D eigenvalue weighted by atomic mass is 10.1. The number of carbonyl (C=O) groups excluding carboxylic acids is 1. The number of amides is 1. The van der Waals surface area contributed by atoms with Crippen molar-refractivity contribution in [1.82, 2.24) is 5.06 Å². The maximum absolute atomic E-state index is 13.7. The Labute approximate surface area is 105 Å². The van der Waals surface area contributed by atoms with Gasteiger partial charge in [0.25, 0.3) is 5.91 Å². The van der Waals surface area contributed by atoms with Crippen LogP contribution in [0.2, 0.25) is 0 Å². The summed E-state index contributed by atoms with van der Waals surface area (Å²) >= 11 is 0. The van der Waals surface area contributed by atoms with Gasteiger partial charge in [0.2, 0.25) is 0 Å². The highest BCUT2D eigenvalue weighted by atomic mass is 19.1. The van der Waals surface area contributed by atoms with E-state index in [0.717, 1.165) is 5.06 Å². The van der Waals surface area contributed by atoms with E-state index in [9.17, 15) is 9.18 Å². The molecule has 0 saturated heterocycles. The highest BCUT2D eigenvalue weighted by molar-refractivity contribution is 5.81. The van der Waals surface area contributed by atoms with Crippen LogP contribution in [-0.2, 0) is 19.1 Å². The third-order valence-electron chi connectivity index (χ3n) is 2.35. The molecule has 1 rings (SSSR count). The van der Waals surface area contributed by atoms with Crippen LogP contribution in [0, 0.1) is 5.82 Å². The molecule has 0 spiro atoms. The third kappa shape index (κ3) is 3.49. The van der Waals surface area contributed by atoms with E-state index in [2.05, 4.69) is 0 Å². The number of methoxy groups -OCH3 is 1.